The molecule has 0 atom stereocenters. The number of rotatable bonds is 4. The van der Waals surface area contributed by atoms with E-state index in [0.717, 1.165) is 48.8 Å². The zero-order valence-electron chi connectivity index (χ0n) is 12.2. The number of anilines is 1. The summed E-state index contributed by atoms with van der Waals surface area (Å²) in [5, 5.41) is 3.46. The molecule has 0 radical (unpaired) electrons. The molecule has 4 nitrogen and oxygen atoms in total. The van der Waals surface area contributed by atoms with Crippen LogP contribution in [0.1, 0.15) is 43.2 Å². The zero-order valence-corrected chi connectivity index (χ0v) is 12.2. The fraction of sp³-hybridized carbons (Fsp3) is 0.500. The van der Waals surface area contributed by atoms with Gasteiger partial charge in [0.05, 0.1) is 11.8 Å². The quantitative estimate of drug-likeness (QED) is 0.920. The van der Waals surface area contributed by atoms with E-state index in [4.69, 9.17) is 14.4 Å². The average Bonchev–Trinajstić information content (AvgIpc) is 2.90. The summed E-state index contributed by atoms with van der Waals surface area (Å²) in [6.07, 6.45) is 7.41. The van der Waals surface area contributed by atoms with Crippen LogP contribution < -0.4 is 5.32 Å². The van der Waals surface area contributed by atoms with Gasteiger partial charge in [-0.1, -0.05) is 6.92 Å². The Morgan fingerprint density at radius 2 is 2.10 bits per heavy atom. The molecule has 0 fully saturated rings. The Hall–Kier alpha value is -1.84. The molecular formula is C16H21N3O. The Labute approximate surface area is 119 Å². The van der Waals surface area contributed by atoms with Gasteiger partial charge in [-0.05, 0) is 45.1 Å². The normalized spacial score (nSPS) is 14.1. The van der Waals surface area contributed by atoms with Crippen molar-refractivity contribution in [3.8, 4) is 11.4 Å². The number of furan rings is 1. The van der Waals surface area contributed by atoms with Crippen LogP contribution in [0, 0.1) is 6.92 Å². The van der Waals surface area contributed by atoms with Crippen molar-refractivity contribution in [2.75, 3.05) is 11.9 Å². The first-order chi connectivity index (χ1) is 9.79. The SMILES string of the molecule is CCCNc1nc(-c2ccoc2C)nc2c1CCCC2. The lowest BCUT2D eigenvalue weighted by Crippen LogP contribution is -2.14. The average molecular weight is 271 g/mol. The Bertz CT molecular complexity index is 604. The molecule has 0 spiro atoms. The van der Waals surface area contributed by atoms with E-state index in [1.807, 2.05) is 13.0 Å². The molecule has 0 saturated heterocycles. The van der Waals surface area contributed by atoms with Gasteiger partial charge < -0.3 is 9.73 Å². The fourth-order valence-electron chi connectivity index (χ4n) is 2.72. The summed E-state index contributed by atoms with van der Waals surface area (Å²) in [7, 11) is 0. The maximum atomic E-state index is 5.38. The molecular weight excluding hydrogens is 250 g/mol. The molecule has 20 heavy (non-hydrogen) atoms. The van der Waals surface area contributed by atoms with Crippen molar-refractivity contribution in [2.24, 2.45) is 0 Å². The lowest BCUT2D eigenvalue weighted by atomic mass is 9.96. The van der Waals surface area contributed by atoms with Crippen molar-refractivity contribution in [1.29, 1.82) is 0 Å². The van der Waals surface area contributed by atoms with Crippen LogP contribution in [-0.4, -0.2) is 16.5 Å². The first-order valence-corrected chi connectivity index (χ1v) is 7.47. The first kappa shape index (κ1) is 13.2. The number of hydrogen-bond acceptors (Lipinski definition) is 4. The van der Waals surface area contributed by atoms with Gasteiger partial charge in [0.25, 0.3) is 0 Å². The predicted molar refractivity (Wildman–Crippen MR) is 79.9 cm³/mol. The van der Waals surface area contributed by atoms with Crippen LogP contribution in [0.4, 0.5) is 5.82 Å². The van der Waals surface area contributed by atoms with Gasteiger partial charge in [0.15, 0.2) is 5.82 Å². The summed E-state index contributed by atoms with van der Waals surface area (Å²) in [6, 6.07) is 1.95. The van der Waals surface area contributed by atoms with Gasteiger partial charge in [-0.3, -0.25) is 0 Å². The van der Waals surface area contributed by atoms with Crippen LogP contribution in [0.3, 0.4) is 0 Å². The van der Waals surface area contributed by atoms with Crippen molar-refractivity contribution < 1.29 is 4.42 Å². The Morgan fingerprint density at radius 3 is 2.85 bits per heavy atom. The molecule has 1 N–H and O–H groups in total. The third kappa shape index (κ3) is 2.42. The van der Waals surface area contributed by atoms with Gasteiger partial charge in [-0.2, -0.15) is 0 Å². The molecule has 0 unspecified atom stereocenters. The minimum Gasteiger partial charge on any atom is -0.469 e. The van der Waals surface area contributed by atoms with Crippen molar-refractivity contribution in [2.45, 2.75) is 46.0 Å². The minimum atomic E-state index is 0.788. The summed E-state index contributed by atoms with van der Waals surface area (Å²) in [5.74, 6) is 2.69. The lowest BCUT2D eigenvalue weighted by Gasteiger charge is -2.19. The van der Waals surface area contributed by atoms with Crippen LogP contribution in [0.15, 0.2) is 16.7 Å². The molecule has 0 aromatic carbocycles. The van der Waals surface area contributed by atoms with E-state index in [2.05, 4.69) is 12.2 Å². The van der Waals surface area contributed by atoms with Crippen LogP contribution in [0.2, 0.25) is 0 Å². The molecule has 0 amide bonds. The highest BCUT2D eigenvalue weighted by Gasteiger charge is 2.19. The molecule has 0 bridgehead atoms. The molecule has 2 heterocycles. The van der Waals surface area contributed by atoms with E-state index in [1.54, 1.807) is 6.26 Å². The van der Waals surface area contributed by atoms with E-state index in [9.17, 15) is 0 Å². The van der Waals surface area contributed by atoms with E-state index < -0.39 is 0 Å². The summed E-state index contributed by atoms with van der Waals surface area (Å²) in [6.45, 7) is 5.08. The molecule has 3 rings (SSSR count). The topological polar surface area (TPSA) is 51.0 Å². The van der Waals surface area contributed by atoms with Crippen molar-refractivity contribution in [1.82, 2.24) is 9.97 Å². The second kappa shape index (κ2) is 5.65. The molecule has 106 valence electrons. The Kier molecular flexibility index (Phi) is 3.72. The number of aryl methyl sites for hydroxylation is 2. The molecule has 0 saturated carbocycles. The molecule has 1 aliphatic rings. The van der Waals surface area contributed by atoms with Crippen LogP contribution >= 0.6 is 0 Å². The van der Waals surface area contributed by atoms with Crippen molar-refractivity contribution >= 4 is 5.82 Å². The molecule has 2 aromatic rings. The molecule has 1 aliphatic carbocycles. The monoisotopic (exact) mass is 271 g/mol. The number of nitrogens with one attached hydrogen (secondary N) is 1. The minimum absolute atomic E-state index is 0.788. The maximum Gasteiger partial charge on any atom is 0.165 e. The molecule has 2 aromatic heterocycles. The standard InChI is InChI=1S/C16H21N3O/c1-3-9-17-15-13-6-4-5-7-14(13)18-16(19-15)12-8-10-20-11(12)2/h8,10H,3-7,9H2,1-2H3,(H,17,18,19). The third-order valence-electron chi connectivity index (χ3n) is 3.83. The summed E-state index contributed by atoms with van der Waals surface area (Å²) >= 11 is 0. The van der Waals surface area contributed by atoms with Gasteiger partial charge in [0.1, 0.15) is 11.6 Å². The zero-order chi connectivity index (χ0) is 13.9. The molecule has 0 aliphatic heterocycles. The highest BCUT2D eigenvalue weighted by molar-refractivity contribution is 5.61. The van der Waals surface area contributed by atoms with Gasteiger partial charge in [-0.15, -0.1) is 0 Å². The second-order valence-corrected chi connectivity index (χ2v) is 5.35. The van der Waals surface area contributed by atoms with E-state index in [-0.39, 0.29) is 0 Å². The maximum absolute atomic E-state index is 5.38. The lowest BCUT2D eigenvalue weighted by molar-refractivity contribution is 0.535. The second-order valence-electron chi connectivity index (χ2n) is 5.35. The van der Waals surface area contributed by atoms with Crippen molar-refractivity contribution in [3.05, 3.63) is 29.3 Å². The third-order valence-corrected chi connectivity index (χ3v) is 3.83. The smallest absolute Gasteiger partial charge is 0.165 e. The Balaban J connectivity index is 2.05. The molecule has 4 heteroatoms. The number of nitrogens with zero attached hydrogens (tertiary/aromatic N) is 2. The van der Waals surface area contributed by atoms with Gasteiger partial charge >= 0.3 is 0 Å². The number of aromatic nitrogens is 2. The largest absolute Gasteiger partial charge is 0.469 e. The van der Waals surface area contributed by atoms with Gasteiger partial charge in [0, 0.05) is 17.8 Å². The fourth-order valence-corrected chi connectivity index (χ4v) is 2.72. The number of hydrogen-bond donors (Lipinski definition) is 1. The predicted octanol–water partition coefficient (Wildman–Crippen LogP) is 3.75. The van der Waals surface area contributed by atoms with Gasteiger partial charge in [0.2, 0.25) is 0 Å². The van der Waals surface area contributed by atoms with E-state index >= 15 is 0 Å². The highest BCUT2D eigenvalue weighted by atomic mass is 16.3. The highest BCUT2D eigenvalue weighted by Crippen LogP contribution is 2.29. The summed E-state index contributed by atoms with van der Waals surface area (Å²) in [4.78, 5) is 9.52. The van der Waals surface area contributed by atoms with Gasteiger partial charge in [-0.25, -0.2) is 9.97 Å². The van der Waals surface area contributed by atoms with E-state index in [0.29, 0.717) is 0 Å². The van der Waals surface area contributed by atoms with Crippen LogP contribution in [0.25, 0.3) is 11.4 Å². The van der Waals surface area contributed by atoms with Crippen molar-refractivity contribution in [3.63, 3.8) is 0 Å². The van der Waals surface area contributed by atoms with Crippen LogP contribution in [0.5, 0.6) is 0 Å². The first-order valence-electron chi connectivity index (χ1n) is 7.47. The summed E-state index contributed by atoms with van der Waals surface area (Å²) < 4.78 is 5.38. The van der Waals surface area contributed by atoms with Crippen LogP contribution in [-0.2, 0) is 12.8 Å². The number of fused-ring (bicyclic) bond motifs is 1. The Morgan fingerprint density at radius 1 is 1.25 bits per heavy atom. The summed E-state index contributed by atoms with van der Waals surface area (Å²) in [5.41, 5.74) is 3.52. The van der Waals surface area contributed by atoms with E-state index in [1.165, 1.54) is 24.1 Å².